The smallest absolute Gasteiger partial charge is 0.246 e. The Balaban J connectivity index is 1.37. The number of rotatable bonds is 4. The van der Waals surface area contributed by atoms with Crippen molar-refractivity contribution in [2.75, 3.05) is 26.2 Å². The van der Waals surface area contributed by atoms with Gasteiger partial charge in [0, 0.05) is 43.7 Å². The van der Waals surface area contributed by atoms with Gasteiger partial charge in [0.2, 0.25) is 11.8 Å². The third-order valence-corrected chi connectivity index (χ3v) is 6.70. The van der Waals surface area contributed by atoms with E-state index in [-0.39, 0.29) is 23.5 Å². The lowest BCUT2D eigenvalue weighted by molar-refractivity contribution is -0.140. The minimum atomic E-state index is -0.333. The Labute approximate surface area is 192 Å². The van der Waals surface area contributed by atoms with Crippen molar-refractivity contribution in [3.8, 4) is 5.69 Å². The van der Waals surface area contributed by atoms with Gasteiger partial charge in [-0.15, -0.1) is 0 Å². The van der Waals surface area contributed by atoms with E-state index in [0.717, 1.165) is 25.9 Å². The van der Waals surface area contributed by atoms with Crippen molar-refractivity contribution in [1.82, 2.24) is 19.6 Å². The molecule has 2 aromatic rings. The van der Waals surface area contributed by atoms with Gasteiger partial charge in [-0.25, -0.2) is 9.07 Å². The number of likely N-dealkylation sites (tertiary alicyclic amines) is 2. The molecule has 0 saturated carbocycles. The van der Waals surface area contributed by atoms with Crippen LogP contribution < -0.4 is 0 Å². The van der Waals surface area contributed by atoms with Gasteiger partial charge < -0.3 is 9.80 Å². The zero-order valence-corrected chi connectivity index (χ0v) is 19.0. The number of aryl methyl sites for hydroxylation is 1. The summed E-state index contributed by atoms with van der Waals surface area (Å²) in [5, 5.41) is 4.78. The predicted octanol–water partition coefficient (Wildman–Crippen LogP) is 4.24. The van der Waals surface area contributed by atoms with E-state index >= 15 is 0 Å². The molecule has 0 spiro atoms. The highest BCUT2D eigenvalue weighted by Crippen LogP contribution is 2.26. The summed E-state index contributed by atoms with van der Waals surface area (Å²) in [4.78, 5) is 29.2. The van der Waals surface area contributed by atoms with Crippen molar-refractivity contribution in [2.45, 2.75) is 39.0 Å². The van der Waals surface area contributed by atoms with E-state index in [1.165, 1.54) is 29.3 Å². The normalized spacial score (nSPS) is 17.8. The number of carbonyl (C=O) groups is 2. The summed E-state index contributed by atoms with van der Waals surface area (Å²) in [5.41, 5.74) is 1.97. The lowest BCUT2D eigenvalue weighted by atomic mass is 9.94. The molecule has 4 rings (SSSR count). The largest absolute Gasteiger partial charge is 0.342 e. The van der Waals surface area contributed by atoms with Crippen molar-refractivity contribution in [2.24, 2.45) is 5.92 Å². The number of amides is 2. The standard InChI is InChI=1S/C24H28ClFN4O2/c1-17-21(23(25)30(27-17)20-7-5-19(26)6-8-20)9-10-22(31)28-15-11-18(12-16-28)24(32)29-13-3-2-4-14-29/h5-10,18H,2-4,11-16H2,1H3/b10-9+. The van der Waals surface area contributed by atoms with E-state index in [1.807, 2.05) is 11.8 Å². The second kappa shape index (κ2) is 9.86. The summed E-state index contributed by atoms with van der Waals surface area (Å²) in [7, 11) is 0. The van der Waals surface area contributed by atoms with Crippen LogP contribution in [-0.4, -0.2) is 57.6 Å². The van der Waals surface area contributed by atoms with Crippen LogP contribution in [0.5, 0.6) is 0 Å². The van der Waals surface area contributed by atoms with Crippen LogP contribution in [0, 0.1) is 18.7 Å². The first-order chi connectivity index (χ1) is 15.4. The monoisotopic (exact) mass is 458 g/mol. The van der Waals surface area contributed by atoms with Crippen LogP contribution in [-0.2, 0) is 9.59 Å². The molecule has 0 bridgehead atoms. The van der Waals surface area contributed by atoms with E-state index in [4.69, 9.17) is 11.6 Å². The maximum absolute atomic E-state index is 13.2. The Kier molecular flexibility index (Phi) is 6.94. The Morgan fingerprint density at radius 2 is 1.69 bits per heavy atom. The van der Waals surface area contributed by atoms with Crippen molar-refractivity contribution in [3.05, 3.63) is 52.6 Å². The number of halogens is 2. The van der Waals surface area contributed by atoms with E-state index in [0.29, 0.717) is 48.0 Å². The second-order valence-electron chi connectivity index (χ2n) is 8.50. The quantitative estimate of drug-likeness (QED) is 0.644. The average Bonchev–Trinajstić information content (AvgIpc) is 3.11. The van der Waals surface area contributed by atoms with Gasteiger partial charge in [-0.1, -0.05) is 11.6 Å². The molecule has 1 aromatic heterocycles. The molecule has 2 aliphatic heterocycles. The molecule has 2 saturated heterocycles. The lowest BCUT2D eigenvalue weighted by Crippen LogP contribution is -2.45. The van der Waals surface area contributed by atoms with Crippen molar-refractivity contribution in [1.29, 1.82) is 0 Å². The highest BCUT2D eigenvalue weighted by atomic mass is 35.5. The zero-order chi connectivity index (χ0) is 22.7. The summed E-state index contributed by atoms with van der Waals surface area (Å²) in [6.45, 7) is 4.70. The molecule has 1 aromatic carbocycles. The van der Waals surface area contributed by atoms with Gasteiger partial charge in [0.1, 0.15) is 11.0 Å². The van der Waals surface area contributed by atoms with E-state index in [2.05, 4.69) is 5.10 Å². The molecule has 0 atom stereocenters. The topological polar surface area (TPSA) is 58.4 Å². The average molecular weight is 459 g/mol. The predicted molar refractivity (Wildman–Crippen MR) is 122 cm³/mol. The number of hydrogen-bond donors (Lipinski definition) is 0. The van der Waals surface area contributed by atoms with Gasteiger partial charge >= 0.3 is 0 Å². The van der Waals surface area contributed by atoms with Crippen LogP contribution in [0.25, 0.3) is 11.8 Å². The van der Waals surface area contributed by atoms with E-state index in [1.54, 1.807) is 23.1 Å². The molecule has 170 valence electrons. The Hall–Kier alpha value is -2.67. The number of hydrogen-bond acceptors (Lipinski definition) is 3. The first kappa shape index (κ1) is 22.5. The summed E-state index contributed by atoms with van der Waals surface area (Å²) >= 11 is 6.49. The molecule has 2 aliphatic rings. The molecular formula is C24H28ClFN4O2. The maximum Gasteiger partial charge on any atom is 0.246 e. The number of aromatic nitrogens is 2. The summed E-state index contributed by atoms with van der Waals surface area (Å²) in [5.74, 6) is -0.158. The third-order valence-electron chi connectivity index (χ3n) is 6.34. The fourth-order valence-corrected chi connectivity index (χ4v) is 4.77. The minimum Gasteiger partial charge on any atom is -0.342 e. The molecule has 8 heteroatoms. The Bertz CT molecular complexity index is 1000. The van der Waals surface area contributed by atoms with E-state index in [9.17, 15) is 14.0 Å². The second-order valence-corrected chi connectivity index (χ2v) is 8.85. The maximum atomic E-state index is 13.2. The molecule has 0 unspecified atom stereocenters. The summed E-state index contributed by atoms with van der Waals surface area (Å²) in [6, 6.07) is 5.89. The number of carbonyl (C=O) groups excluding carboxylic acids is 2. The highest BCUT2D eigenvalue weighted by Gasteiger charge is 2.30. The van der Waals surface area contributed by atoms with Crippen molar-refractivity contribution in [3.63, 3.8) is 0 Å². The van der Waals surface area contributed by atoms with Crippen LogP contribution in [0.15, 0.2) is 30.3 Å². The van der Waals surface area contributed by atoms with Crippen LogP contribution in [0.3, 0.4) is 0 Å². The molecule has 0 N–H and O–H groups in total. The molecule has 0 radical (unpaired) electrons. The van der Waals surface area contributed by atoms with Crippen LogP contribution >= 0.6 is 11.6 Å². The van der Waals surface area contributed by atoms with Gasteiger partial charge in [0.15, 0.2) is 0 Å². The highest BCUT2D eigenvalue weighted by molar-refractivity contribution is 6.31. The first-order valence-electron chi connectivity index (χ1n) is 11.2. The Morgan fingerprint density at radius 1 is 1.03 bits per heavy atom. The van der Waals surface area contributed by atoms with Crippen molar-refractivity contribution < 1.29 is 14.0 Å². The van der Waals surface area contributed by atoms with Gasteiger partial charge in [0.25, 0.3) is 0 Å². The van der Waals surface area contributed by atoms with E-state index < -0.39 is 0 Å². The fourth-order valence-electron chi connectivity index (χ4n) is 4.43. The third kappa shape index (κ3) is 4.88. The molecule has 6 nitrogen and oxygen atoms in total. The van der Waals surface area contributed by atoms with Gasteiger partial charge in [-0.3, -0.25) is 9.59 Å². The van der Waals surface area contributed by atoms with Gasteiger partial charge in [-0.05, 0) is 69.4 Å². The van der Waals surface area contributed by atoms with Crippen LogP contribution in [0.1, 0.15) is 43.4 Å². The molecule has 3 heterocycles. The van der Waals surface area contributed by atoms with Crippen molar-refractivity contribution >= 4 is 29.5 Å². The number of nitrogens with zero attached hydrogens (tertiary/aromatic N) is 4. The number of piperidine rings is 2. The zero-order valence-electron chi connectivity index (χ0n) is 18.3. The Morgan fingerprint density at radius 3 is 2.34 bits per heavy atom. The molecular weight excluding hydrogens is 431 g/mol. The fraction of sp³-hybridized carbons (Fsp3) is 0.458. The molecule has 2 fully saturated rings. The molecule has 32 heavy (non-hydrogen) atoms. The van der Waals surface area contributed by atoms with Crippen LogP contribution in [0.2, 0.25) is 5.15 Å². The first-order valence-corrected chi connectivity index (χ1v) is 11.6. The summed E-state index contributed by atoms with van der Waals surface area (Å²) < 4.78 is 14.7. The summed E-state index contributed by atoms with van der Waals surface area (Å²) in [6.07, 6.45) is 7.99. The molecule has 0 aliphatic carbocycles. The van der Waals surface area contributed by atoms with Crippen LogP contribution in [0.4, 0.5) is 4.39 Å². The number of benzene rings is 1. The minimum absolute atomic E-state index is 0.0201. The molecule has 2 amide bonds. The lowest BCUT2D eigenvalue weighted by Gasteiger charge is -2.35. The van der Waals surface area contributed by atoms with Gasteiger partial charge in [-0.2, -0.15) is 5.10 Å². The van der Waals surface area contributed by atoms with Gasteiger partial charge in [0.05, 0.1) is 11.4 Å². The SMILES string of the molecule is Cc1nn(-c2ccc(F)cc2)c(Cl)c1/C=C/C(=O)N1CCC(C(=O)N2CCCCC2)CC1.